The lowest BCUT2D eigenvalue weighted by Crippen LogP contribution is -3.14. The molecule has 0 unspecified atom stereocenters. The van der Waals surface area contributed by atoms with Crippen LogP contribution in [0.15, 0.2) is 60.7 Å². The van der Waals surface area contributed by atoms with Crippen molar-refractivity contribution >= 4 is 12.0 Å². The van der Waals surface area contributed by atoms with Crippen molar-refractivity contribution in [2.45, 2.75) is 26.2 Å². The maximum atomic E-state index is 12.8. The second-order valence-electron chi connectivity index (χ2n) is 8.39. The smallest absolute Gasteiger partial charge is 0.254 e. The van der Waals surface area contributed by atoms with Crippen LogP contribution in [0.25, 0.3) is 6.08 Å². The molecule has 142 valence electrons. The van der Waals surface area contributed by atoms with E-state index in [-0.39, 0.29) is 11.3 Å². The van der Waals surface area contributed by atoms with Crippen molar-refractivity contribution in [1.82, 2.24) is 4.90 Å². The van der Waals surface area contributed by atoms with Gasteiger partial charge in [0.25, 0.3) is 5.91 Å². The maximum absolute atomic E-state index is 12.8. The molecule has 1 heterocycles. The lowest BCUT2D eigenvalue weighted by molar-refractivity contribution is -0.898. The molecule has 3 heteroatoms. The number of amides is 1. The summed E-state index contributed by atoms with van der Waals surface area (Å²) in [6.07, 6.45) is 4.43. The van der Waals surface area contributed by atoms with Crippen molar-refractivity contribution < 1.29 is 9.69 Å². The molecule has 1 saturated heterocycles. The quantitative estimate of drug-likeness (QED) is 0.887. The van der Waals surface area contributed by atoms with Crippen LogP contribution in [-0.4, -0.2) is 43.5 Å². The minimum Gasteiger partial charge on any atom is -0.329 e. The summed E-state index contributed by atoms with van der Waals surface area (Å²) in [5, 5.41) is 0. The Bertz CT molecular complexity index is 764. The highest BCUT2D eigenvalue weighted by Gasteiger charge is 2.24. The summed E-state index contributed by atoms with van der Waals surface area (Å²) in [6, 6.07) is 18.5. The number of carbonyl (C=O) groups is 1. The molecular weight excluding hydrogens is 332 g/mol. The van der Waals surface area contributed by atoms with Crippen LogP contribution in [0.5, 0.6) is 0 Å². The highest BCUT2D eigenvalue weighted by Crippen LogP contribution is 2.22. The van der Waals surface area contributed by atoms with Crippen LogP contribution in [0.2, 0.25) is 0 Å². The highest BCUT2D eigenvalue weighted by molar-refractivity contribution is 5.94. The van der Waals surface area contributed by atoms with E-state index in [1.807, 2.05) is 23.1 Å². The Morgan fingerprint density at radius 2 is 1.63 bits per heavy atom. The molecular formula is C24H31N2O+. The topological polar surface area (TPSA) is 24.8 Å². The van der Waals surface area contributed by atoms with E-state index in [0.29, 0.717) is 0 Å². The van der Waals surface area contributed by atoms with Gasteiger partial charge in [-0.1, -0.05) is 69.3 Å². The van der Waals surface area contributed by atoms with Crippen LogP contribution in [0, 0.1) is 0 Å². The molecule has 27 heavy (non-hydrogen) atoms. The number of benzene rings is 2. The van der Waals surface area contributed by atoms with Crippen molar-refractivity contribution in [2.24, 2.45) is 0 Å². The molecule has 0 radical (unpaired) electrons. The predicted octanol–water partition coefficient (Wildman–Crippen LogP) is 3.04. The number of hydrogen-bond acceptors (Lipinski definition) is 1. The highest BCUT2D eigenvalue weighted by atomic mass is 16.2. The largest absolute Gasteiger partial charge is 0.329 e. The van der Waals surface area contributed by atoms with Gasteiger partial charge in [0.05, 0.1) is 32.7 Å². The third-order valence-electron chi connectivity index (χ3n) is 5.27. The Hall–Kier alpha value is -2.39. The van der Waals surface area contributed by atoms with Gasteiger partial charge in [-0.15, -0.1) is 0 Å². The average Bonchev–Trinajstić information content (AvgIpc) is 2.68. The number of piperazine rings is 1. The van der Waals surface area contributed by atoms with Gasteiger partial charge in [0.15, 0.2) is 0 Å². The van der Waals surface area contributed by atoms with Gasteiger partial charge in [0.2, 0.25) is 0 Å². The number of nitrogens with zero attached hydrogens (tertiary/aromatic N) is 1. The molecule has 1 aliphatic heterocycles. The molecule has 1 fully saturated rings. The number of quaternary nitrogens is 1. The fraction of sp³-hybridized carbons (Fsp3) is 0.375. The van der Waals surface area contributed by atoms with E-state index >= 15 is 0 Å². The third-order valence-corrected chi connectivity index (χ3v) is 5.27. The molecule has 0 spiro atoms. The van der Waals surface area contributed by atoms with E-state index in [1.165, 1.54) is 16.0 Å². The Balaban J connectivity index is 1.50. The first-order valence-corrected chi connectivity index (χ1v) is 9.88. The zero-order valence-corrected chi connectivity index (χ0v) is 16.7. The van der Waals surface area contributed by atoms with Crippen LogP contribution in [0.4, 0.5) is 0 Å². The van der Waals surface area contributed by atoms with Crippen LogP contribution < -0.4 is 4.90 Å². The van der Waals surface area contributed by atoms with Crippen LogP contribution in [-0.2, 0) is 5.41 Å². The lowest BCUT2D eigenvalue weighted by atomic mass is 9.86. The average molecular weight is 364 g/mol. The third kappa shape index (κ3) is 5.30. The van der Waals surface area contributed by atoms with Gasteiger partial charge < -0.3 is 9.80 Å². The Morgan fingerprint density at radius 1 is 1.00 bits per heavy atom. The molecule has 2 aromatic rings. The van der Waals surface area contributed by atoms with Gasteiger partial charge in [-0.25, -0.2) is 0 Å². The van der Waals surface area contributed by atoms with Crippen molar-refractivity contribution in [3.8, 4) is 0 Å². The molecule has 0 saturated carbocycles. The van der Waals surface area contributed by atoms with Crippen molar-refractivity contribution in [1.29, 1.82) is 0 Å². The minimum absolute atomic E-state index is 0.115. The summed E-state index contributed by atoms with van der Waals surface area (Å²) in [6.45, 7) is 11.3. The van der Waals surface area contributed by atoms with Gasteiger partial charge in [-0.05, 0) is 34.8 Å². The molecule has 3 nitrogen and oxygen atoms in total. The Labute approximate surface area is 163 Å². The summed E-state index contributed by atoms with van der Waals surface area (Å²) in [5.41, 5.74) is 3.42. The Morgan fingerprint density at radius 3 is 2.22 bits per heavy atom. The molecule has 0 aliphatic carbocycles. The van der Waals surface area contributed by atoms with E-state index in [1.54, 1.807) is 0 Å². The summed E-state index contributed by atoms with van der Waals surface area (Å²) >= 11 is 0. The number of carbonyl (C=O) groups excluding carboxylic acids is 1. The van der Waals surface area contributed by atoms with Crippen LogP contribution in [0.3, 0.4) is 0 Å². The SMILES string of the molecule is CC(C)(C)c1ccc(C(=O)N2CC[NH+](C/C=C/c3ccccc3)CC2)cc1. The van der Waals surface area contributed by atoms with Crippen LogP contribution >= 0.6 is 0 Å². The van der Waals surface area contributed by atoms with Gasteiger partial charge in [0.1, 0.15) is 0 Å². The van der Waals surface area contributed by atoms with Gasteiger partial charge in [-0.2, -0.15) is 0 Å². The summed E-state index contributed by atoms with van der Waals surface area (Å²) < 4.78 is 0. The standard InChI is InChI=1S/C24H30N2O/c1-24(2,3)22-13-11-21(12-14-22)23(27)26-18-16-25(17-19-26)15-7-10-20-8-5-4-6-9-20/h4-14H,15-19H2,1-3H3/p+1/b10-7+. The van der Waals surface area contributed by atoms with E-state index in [4.69, 9.17) is 0 Å². The van der Waals surface area contributed by atoms with E-state index in [0.717, 1.165) is 38.3 Å². The Kier molecular flexibility index (Phi) is 6.12. The van der Waals surface area contributed by atoms with Gasteiger partial charge in [0, 0.05) is 5.56 Å². The zero-order chi connectivity index (χ0) is 19.3. The first kappa shape index (κ1) is 19.4. The molecule has 1 aliphatic rings. The van der Waals surface area contributed by atoms with Crippen molar-refractivity contribution in [3.05, 3.63) is 77.4 Å². The first-order chi connectivity index (χ1) is 12.9. The van der Waals surface area contributed by atoms with Crippen molar-refractivity contribution in [3.63, 3.8) is 0 Å². The summed E-state index contributed by atoms with van der Waals surface area (Å²) in [4.78, 5) is 16.3. The fourth-order valence-corrected chi connectivity index (χ4v) is 3.45. The zero-order valence-electron chi connectivity index (χ0n) is 16.7. The second-order valence-corrected chi connectivity index (χ2v) is 8.39. The lowest BCUT2D eigenvalue weighted by Gasteiger charge is -2.32. The van der Waals surface area contributed by atoms with Gasteiger partial charge in [-0.3, -0.25) is 4.79 Å². The van der Waals surface area contributed by atoms with Crippen molar-refractivity contribution in [2.75, 3.05) is 32.7 Å². The molecule has 3 rings (SSSR count). The van der Waals surface area contributed by atoms with E-state index < -0.39 is 0 Å². The normalized spacial score (nSPS) is 16.0. The predicted molar refractivity (Wildman–Crippen MR) is 112 cm³/mol. The minimum atomic E-state index is 0.115. The molecule has 1 N–H and O–H groups in total. The number of nitrogens with one attached hydrogen (secondary N) is 1. The first-order valence-electron chi connectivity index (χ1n) is 9.88. The molecule has 0 aromatic heterocycles. The molecule has 0 atom stereocenters. The summed E-state index contributed by atoms with van der Waals surface area (Å²) in [7, 11) is 0. The fourth-order valence-electron chi connectivity index (χ4n) is 3.45. The maximum Gasteiger partial charge on any atom is 0.254 e. The molecule has 0 bridgehead atoms. The van der Waals surface area contributed by atoms with E-state index in [2.05, 4.69) is 69.3 Å². The number of rotatable bonds is 4. The number of hydrogen-bond donors (Lipinski definition) is 1. The summed E-state index contributed by atoms with van der Waals surface area (Å²) in [5.74, 6) is 0.161. The van der Waals surface area contributed by atoms with Crippen LogP contribution in [0.1, 0.15) is 42.3 Å². The molecule has 1 amide bonds. The second kappa shape index (κ2) is 8.53. The monoisotopic (exact) mass is 363 g/mol. The van der Waals surface area contributed by atoms with E-state index in [9.17, 15) is 4.79 Å². The van der Waals surface area contributed by atoms with Gasteiger partial charge >= 0.3 is 0 Å². The molecule has 2 aromatic carbocycles.